The smallest absolute Gasteiger partial charge is 0.227 e. The highest BCUT2D eigenvalue weighted by molar-refractivity contribution is 5.66. The normalized spacial score (nSPS) is 13.4. The topological polar surface area (TPSA) is 41.1 Å². The molecule has 0 unspecified atom stereocenters. The Labute approximate surface area is 161 Å². The van der Waals surface area contributed by atoms with Crippen LogP contribution < -0.4 is 10.2 Å². The van der Waals surface area contributed by atoms with E-state index in [9.17, 15) is 0 Å². The Kier molecular flexibility index (Phi) is 4.56. The molecule has 4 heteroatoms. The Morgan fingerprint density at radius 3 is 2.33 bits per heavy atom. The second-order valence-electron chi connectivity index (χ2n) is 7.53. The number of hydrogen-bond acceptors (Lipinski definition) is 4. The lowest BCUT2D eigenvalue weighted by atomic mass is 10.0. The molecule has 3 aromatic rings. The summed E-state index contributed by atoms with van der Waals surface area (Å²) in [6.45, 7) is 10.2. The summed E-state index contributed by atoms with van der Waals surface area (Å²) in [7, 11) is 0. The van der Waals surface area contributed by atoms with E-state index in [-0.39, 0.29) is 0 Å². The summed E-state index contributed by atoms with van der Waals surface area (Å²) in [5.41, 5.74) is 8.66. The second kappa shape index (κ2) is 7.03. The van der Waals surface area contributed by atoms with Crippen LogP contribution in [0.1, 0.15) is 33.5 Å². The van der Waals surface area contributed by atoms with E-state index in [2.05, 4.69) is 67.4 Å². The van der Waals surface area contributed by atoms with Crippen LogP contribution >= 0.6 is 0 Å². The van der Waals surface area contributed by atoms with E-state index < -0.39 is 0 Å². The van der Waals surface area contributed by atoms with Gasteiger partial charge in [-0.25, -0.2) is 4.98 Å². The summed E-state index contributed by atoms with van der Waals surface area (Å²) in [4.78, 5) is 11.8. The first kappa shape index (κ1) is 17.5. The molecule has 4 nitrogen and oxygen atoms in total. The molecule has 2 aromatic carbocycles. The molecule has 1 aliphatic rings. The third-order valence-corrected chi connectivity index (χ3v) is 5.19. The van der Waals surface area contributed by atoms with Crippen molar-refractivity contribution in [2.75, 3.05) is 16.8 Å². The molecular weight excluding hydrogens is 332 g/mol. The monoisotopic (exact) mass is 358 g/mol. The zero-order valence-corrected chi connectivity index (χ0v) is 16.5. The lowest BCUT2D eigenvalue weighted by molar-refractivity contribution is 0.706. The van der Waals surface area contributed by atoms with Crippen molar-refractivity contribution in [2.45, 2.75) is 40.7 Å². The largest absolute Gasteiger partial charge is 0.340 e. The van der Waals surface area contributed by atoms with Crippen LogP contribution in [0.5, 0.6) is 0 Å². The number of rotatable bonds is 3. The molecule has 0 amide bonds. The number of aromatic nitrogens is 2. The minimum atomic E-state index is 0.800. The Bertz CT molecular complexity index is 970. The van der Waals surface area contributed by atoms with E-state index in [1.807, 2.05) is 13.0 Å². The number of anilines is 3. The SMILES string of the molecule is Cc1cc(C)c(Nc2cc(C)nc(N3CCc4ccccc4C3)n2)c(C)c1. The lowest BCUT2D eigenvalue weighted by Gasteiger charge is -2.29. The quantitative estimate of drug-likeness (QED) is 0.714. The van der Waals surface area contributed by atoms with Gasteiger partial charge in [0.05, 0.1) is 0 Å². The predicted octanol–water partition coefficient (Wildman–Crippen LogP) is 5.02. The summed E-state index contributed by atoms with van der Waals surface area (Å²) >= 11 is 0. The molecule has 0 aliphatic carbocycles. The Hall–Kier alpha value is -2.88. The van der Waals surface area contributed by atoms with E-state index in [0.717, 1.165) is 42.7 Å². The van der Waals surface area contributed by atoms with E-state index in [0.29, 0.717) is 0 Å². The van der Waals surface area contributed by atoms with Crippen LogP contribution in [-0.2, 0) is 13.0 Å². The fraction of sp³-hybridized carbons (Fsp3) is 0.304. The molecular formula is C23H26N4. The number of nitrogens with one attached hydrogen (secondary N) is 1. The van der Waals surface area contributed by atoms with E-state index in [1.165, 1.54) is 27.8 Å². The highest BCUT2D eigenvalue weighted by Crippen LogP contribution is 2.27. The van der Waals surface area contributed by atoms with Gasteiger partial charge in [-0.05, 0) is 56.4 Å². The molecule has 0 saturated carbocycles. The van der Waals surface area contributed by atoms with Gasteiger partial charge in [-0.15, -0.1) is 0 Å². The first-order chi connectivity index (χ1) is 13.0. The fourth-order valence-electron chi connectivity index (χ4n) is 3.93. The van der Waals surface area contributed by atoms with Crippen molar-refractivity contribution >= 4 is 17.5 Å². The maximum absolute atomic E-state index is 4.83. The predicted molar refractivity (Wildman–Crippen MR) is 112 cm³/mol. The van der Waals surface area contributed by atoms with Crippen LogP contribution in [0.25, 0.3) is 0 Å². The minimum Gasteiger partial charge on any atom is -0.340 e. The van der Waals surface area contributed by atoms with Gasteiger partial charge in [-0.2, -0.15) is 4.98 Å². The first-order valence-corrected chi connectivity index (χ1v) is 9.52. The van der Waals surface area contributed by atoms with Crippen LogP contribution in [0.2, 0.25) is 0 Å². The average molecular weight is 358 g/mol. The second-order valence-corrected chi connectivity index (χ2v) is 7.53. The zero-order valence-electron chi connectivity index (χ0n) is 16.5. The summed E-state index contributed by atoms with van der Waals surface area (Å²) in [6.07, 6.45) is 1.03. The summed E-state index contributed by atoms with van der Waals surface area (Å²) in [5, 5.41) is 3.53. The zero-order chi connectivity index (χ0) is 19.0. The third-order valence-electron chi connectivity index (χ3n) is 5.19. The third kappa shape index (κ3) is 3.65. The summed E-state index contributed by atoms with van der Waals surface area (Å²) < 4.78 is 0. The van der Waals surface area contributed by atoms with Crippen LogP contribution in [0, 0.1) is 27.7 Å². The van der Waals surface area contributed by atoms with Gasteiger partial charge < -0.3 is 10.2 Å². The summed E-state index contributed by atoms with van der Waals surface area (Å²) in [5.74, 6) is 1.65. The van der Waals surface area contributed by atoms with Gasteiger partial charge in [0, 0.05) is 30.5 Å². The highest BCUT2D eigenvalue weighted by atomic mass is 15.3. The molecule has 0 bridgehead atoms. The van der Waals surface area contributed by atoms with Crippen LogP contribution in [-0.4, -0.2) is 16.5 Å². The number of aryl methyl sites for hydroxylation is 4. The van der Waals surface area contributed by atoms with Crippen molar-refractivity contribution in [1.29, 1.82) is 0 Å². The molecule has 0 spiro atoms. The molecule has 1 aromatic heterocycles. The molecule has 0 saturated heterocycles. The average Bonchev–Trinajstić information content (AvgIpc) is 2.64. The molecule has 138 valence electrons. The molecule has 27 heavy (non-hydrogen) atoms. The van der Waals surface area contributed by atoms with Crippen molar-refractivity contribution in [3.63, 3.8) is 0 Å². The number of benzene rings is 2. The fourth-order valence-corrected chi connectivity index (χ4v) is 3.93. The highest BCUT2D eigenvalue weighted by Gasteiger charge is 2.19. The van der Waals surface area contributed by atoms with Crippen molar-refractivity contribution in [3.05, 3.63) is 76.0 Å². The number of nitrogens with zero attached hydrogens (tertiary/aromatic N) is 3. The van der Waals surface area contributed by atoms with Crippen LogP contribution in [0.4, 0.5) is 17.5 Å². The Morgan fingerprint density at radius 2 is 1.59 bits per heavy atom. The molecule has 0 atom stereocenters. The molecule has 2 heterocycles. The molecule has 1 N–H and O–H groups in total. The molecule has 0 radical (unpaired) electrons. The van der Waals surface area contributed by atoms with Crippen molar-refractivity contribution < 1.29 is 0 Å². The van der Waals surface area contributed by atoms with Gasteiger partial charge >= 0.3 is 0 Å². The first-order valence-electron chi connectivity index (χ1n) is 9.52. The van der Waals surface area contributed by atoms with Gasteiger partial charge in [0.15, 0.2) is 0 Å². The van der Waals surface area contributed by atoms with Gasteiger partial charge in [-0.1, -0.05) is 42.0 Å². The minimum absolute atomic E-state index is 0.800. The van der Waals surface area contributed by atoms with Crippen molar-refractivity contribution in [1.82, 2.24) is 9.97 Å². The van der Waals surface area contributed by atoms with E-state index >= 15 is 0 Å². The Morgan fingerprint density at radius 1 is 0.889 bits per heavy atom. The van der Waals surface area contributed by atoms with Gasteiger partial charge in [0.25, 0.3) is 0 Å². The van der Waals surface area contributed by atoms with Crippen LogP contribution in [0.15, 0.2) is 42.5 Å². The van der Waals surface area contributed by atoms with Crippen LogP contribution in [0.3, 0.4) is 0 Å². The van der Waals surface area contributed by atoms with Gasteiger partial charge in [0.1, 0.15) is 5.82 Å². The Balaban J connectivity index is 1.63. The number of hydrogen-bond donors (Lipinski definition) is 1. The van der Waals surface area contributed by atoms with Gasteiger partial charge in [0.2, 0.25) is 5.95 Å². The number of fused-ring (bicyclic) bond motifs is 1. The maximum atomic E-state index is 4.83. The van der Waals surface area contributed by atoms with Gasteiger partial charge in [-0.3, -0.25) is 0 Å². The van der Waals surface area contributed by atoms with E-state index in [1.54, 1.807) is 0 Å². The van der Waals surface area contributed by atoms with Crippen molar-refractivity contribution in [2.24, 2.45) is 0 Å². The molecule has 0 fully saturated rings. The van der Waals surface area contributed by atoms with E-state index in [4.69, 9.17) is 9.97 Å². The van der Waals surface area contributed by atoms with Crippen molar-refractivity contribution in [3.8, 4) is 0 Å². The summed E-state index contributed by atoms with van der Waals surface area (Å²) in [6, 6.07) is 15.1. The standard InChI is InChI=1S/C23H26N4/c1-15-11-16(2)22(17(3)12-15)25-21-13-18(4)24-23(26-21)27-10-9-19-7-5-6-8-20(19)14-27/h5-8,11-13H,9-10,14H2,1-4H3,(H,24,25,26). The lowest BCUT2D eigenvalue weighted by Crippen LogP contribution is -2.32. The molecule has 1 aliphatic heterocycles. The maximum Gasteiger partial charge on any atom is 0.227 e. The molecule has 4 rings (SSSR count).